The van der Waals surface area contributed by atoms with Crippen LogP contribution in [-0.2, 0) is 17.1 Å². The molecule has 2 fully saturated rings. The first-order valence-electron chi connectivity index (χ1n) is 7.79. The fourth-order valence-electron chi connectivity index (χ4n) is 2.85. The summed E-state index contributed by atoms with van der Waals surface area (Å²) in [6, 6.07) is 0. The summed E-state index contributed by atoms with van der Waals surface area (Å²) in [5, 5.41) is 4.11. The molecule has 3 heterocycles. The number of aromatic nitrogens is 4. The number of aryl methyl sites for hydroxylation is 2. The van der Waals surface area contributed by atoms with Gasteiger partial charge >= 0.3 is 0 Å². The topological polar surface area (TPSA) is 94.1 Å². The highest BCUT2D eigenvalue weighted by molar-refractivity contribution is 7.89. The van der Waals surface area contributed by atoms with Crippen molar-refractivity contribution >= 4 is 10.0 Å². The Morgan fingerprint density at radius 2 is 2.00 bits per heavy atom. The molecule has 1 saturated heterocycles. The van der Waals surface area contributed by atoms with Gasteiger partial charge in [-0.2, -0.15) is 9.29 Å². The van der Waals surface area contributed by atoms with Gasteiger partial charge in [0.25, 0.3) is 10.0 Å². The van der Waals surface area contributed by atoms with E-state index in [0.717, 1.165) is 18.7 Å². The van der Waals surface area contributed by atoms with Gasteiger partial charge in [-0.25, -0.2) is 13.4 Å². The van der Waals surface area contributed by atoms with E-state index in [1.807, 2.05) is 0 Å². The molecule has 1 saturated carbocycles. The lowest BCUT2D eigenvalue weighted by Gasteiger charge is -2.13. The van der Waals surface area contributed by atoms with Crippen molar-refractivity contribution in [3.63, 3.8) is 0 Å². The van der Waals surface area contributed by atoms with E-state index in [2.05, 4.69) is 15.1 Å². The molecule has 2 aromatic rings. The summed E-state index contributed by atoms with van der Waals surface area (Å²) in [5.41, 5.74) is 0. The van der Waals surface area contributed by atoms with Crippen molar-refractivity contribution in [1.82, 2.24) is 24.0 Å². The number of imidazole rings is 1. The van der Waals surface area contributed by atoms with Gasteiger partial charge in [-0.3, -0.25) is 0 Å². The maximum absolute atomic E-state index is 12.7. The number of hydrogen-bond donors (Lipinski definition) is 0. The van der Waals surface area contributed by atoms with Crippen LogP contribution in [0.3, 0.4) is 0 Å². The van der Waals surface area contributed by atoms with Gasteiger partial charge in [0.2, 0.25) is 5.89 Å². The van der Waals surface area contributed by atoms with Crippen LogP contribution >= 0.6 is 0 Å². The van der Waals surface area contributed by atoms with Gasteiger partial charge in [0.05, 0.1) is 5.92 Å². The summed E-state index contributed by atoms with van der Waals surface area (Å²) < 4.78 is 33.9. The summed E-state index contributed by atoms with van der Waals surface area (Å²) in [4.78, 5) is 8.58. The highest BCUT2D eigenvalue weighted by Gasteiger charge is 2.38. The standard InChI is InChI=1S/C14H19N5O3S/c1-9-15-12(8-18(9)2)23(20,21)19-6-5-11(7-19)14-16-13(17-22-14)10-3-4-10/h8,10-11H,3-7H2,1-2H3. The predicted octanol–water partition coefficient (Wildman–Crippen LogP) is 1.17. The summed E-state index contributed by atoms with van der Waals surface area (Å²) in [6.07, 6.45) is 4.47. The van der Waals surface area contributed by atoms with Crippen LogP contribution < -0.4 is 0 Å². The normalized spacial score (nSPS) is 22.8. The van der Waals surface area contributed by atoms with Crippen LogP contribution in [0.2, 0.25) is 0 Å². The molecule has 0 N–H and O–H groups in total. The molecule has 1 unspecified atom stereocenters. The van der Waals surface area contributed by atoms with Crippen molar-refractivity contribution < 1.29 is 12.9 Å². The van der Waals surface area contributed by atoms with Crippen LogP contribution in [0.25, 0.3) is 0 Å². The van der Waals surface area contributed by atoms with E-state index in [0.29, 0.717) is 37.1 Å². The first kappa shape index (κ1) is 14.8. The zero-order chi connectivity index (χ0) is 16.2. The molecule has 2 aromatic heterocycles. The lowest BCUT2D eigenvalue weighted by molar-refractivity contribution is 0.350. The van der Waals surface area contributed by atoms with E-state index in [-0.39, 0.29) is 10.9 Å². The molecule has 1 aliphatic heterocycles. The maximum atomic E-state index is 12.7. The van der Waals surface area contributed by atoms with Crippen LogP contribution in [-0.4, -0.2) is 45.5 Å². The van der Waals surface area contributed by atoms with Gasteiger partial charge in [0.15, 0.2) is 10.9 Å². The van der Waals surface area contributed by atoms with Crippen molar-refractivity contribution in [3.8, 4) is 0 Å². The Bertz CT molecular complexity index is 817. The lowest BCUT2D eigenvalue weighted by atomic mass is 10.1. The average Bonchev–Trinajstić information content (AvgIpc) is 2.93. The summed E-state index contributed by atoms with van der Waals surface area (Å²) in [5.74, 6) is 2.40. The van der Waals surface area contributed by atoms with E-state index in [1.165, 1.54) is 4.31 Å². The van der Waals surface area contributed by atoms with Gasteiger partial charge in [-0.15, -0.1) is 0 Å². The fraction of sp³-hybridized carbons (Fsp3) is 0.643. The average molecular weight is 337 g/mol. The van der Waals surface area contributed by atoms with E-state index in [1.54, 1.807) is 24.7 Å². The van der Waals surface area contributed by atoms with E-state index < -0.39 is 10.0 Å². The second-order valence-corrected chi connectivity index (χ2v) is 8.24. The van der Waals surface area contributed by atoms with Crippen molar-refractivity contribution in [3.05, 3.63) is 23.7 Å². The maximum Gasteiger partial charge on any atom is 0.262 e. The molecule has 0 aromatic carbocycles. The first-order valence-corrected chi connectivity index (χ1v) is 9.23. The molecule has 0 bridgehead atoms. The van der Waals surface area contributed by atoms with Crippen molar-refractivity contribution in [2.45, 2.75) is 43.0 Å². The third kappa shape index (κ3) is 2.57. The van der Waals surface area contributed by atoms with Gasteiger partial charge in [-0.1, -0.05) is 5.16 Å². The molecule has 0 radical (unpaired) electrons. The molecule has 9 heteroatoms. The SMILES string of the molecule is Cc1nc(S(=O)(=O)N2CCC(c3nc(C4CC4)no3)C2)cn1C. The Morgan fingerprint density at radius 3 is 2.65 bits per heavy atom. The van der Waals surface area contributed by atoms with Crippen LogP contribution in [0.5, 0.6) is 0 Å². The third-order valence-electron chi connectivity index (χ3n) is 4.59. The Balaban J connectivity index is 1.52. The van der Waals surface area contributed by atoms with Crippen molar-refractivity contribution in [2.75, 3.05) is 13.1 Å². The van der Waals surface area contributed by atoms with Crippen LogP contribution in [0.1, 0.15) is 48.6 Å². The van der Waals surface area contributed by atoms with Crippen LogP contribution in [0.4, 0.5) is 0 Å². The quantitative estimate of drug-likeness (QED) is 0.831. The Hall–Kier alpha value is -1.74. The van der Waals surface area contributed by atoms with Crippen LogP contribution in [0.15, 0.2) is 15.7 Å². The summed E-state index contributed by atoms with van der Waals surface area (Å²) in [6.45, 7) is 2.59. The summed E-state index contributed by atoms with van der Waals surface area (Å²) in [7, 11) is -1.78. The van der Waals surface area contributed by atoms with E-state index >= 15 is 0 Å². The molecular weight excluding hydrogens is 318 g/mol. The minimum Gasteiger partial charge on any atom is -0.339 e. The molecule has 2 aliphatic rings. The molecule has 1 atom stereocenters. The van der Waals surface area contributed by atoms with Gasteiger partial charge < -0.3 is 9.09 Å². The largest absolute Gasteiger partial charge is 0.339 e. The second-order valence-electron chi connectivity index (χ2n) is 6.35. The number of nitrogens with zero attached hydrogens (tertiary/aromatic N) is 5. The molecule has 0 spiro atoms. The molecule has 1 aliphatic carbocycles. The Labute approximate surface area is 134 Å². The highest BCUT2D eigenvalue weighted by Crippen LogP contribution is 2.39. The molecular formula is C14H19N5O3S. The molecule has 0 amide bonds. The Kier molecular flexibility index (Phi) is 3.31. The minimum atomic E-state index is -3.57. The number of sulfonamides is 1. The predicted molar refractivity (Wildman–Crippen MR) is 80.3 cm³/mol. The molecule has 23 heavy (non-hydrogen) atoms. The fourth-order valence-corrected chi connectivity index (χ4v) is 4.38. The third-order valence-corrected chi connectivity index (χ3v) is 6.33. The Morgan fingerprint density at radius 1 is 1.22 bits per heavy atom. The first-order chi connectivity index (χ1) is 10.9. The molecule has 8 nitrogen and oxygen atoms in total. The molecule has 124 valence electrons. The van der Waals surface area contributed by atoms with Gasteiger partial charge in [0.1, 0.15) is 5.82 Å². The second kappa shape index (κ2) is 5.13. The van der Waals surface area contributed by atoms with E-state index in [9.17, 15) is 8.42 Å². The monoisotopic (exact) mass is 337 g/mol. The highest BCUT2D eigenvalue weighted by atomic mass is 32.2. The zero-order valence-corrected chi connectivity index (χ0v) is 14.0. The van der Waals surface area contributed by atoms with Gasteiger partial charge in [0, 0.05) is 32.3 Å². The lowest BCUT2D eigenvalue weighted by Crippen LogP contribution is -2.29. The van der Waals surface area contributed by atoms with Crippen LogP contribution in [0, 0.1) is 6.92 Å². The van der Waals surface area contributed by atoms with Crippen molar-refractivity contribution in [2.24, 2.45) is 7.05 Å². The minimum absolute atomic E-state index is 0.0328. The summed E-state index contributed by atoms with van der Waals surface area (Å²) >= 11 is 0. The smallest absolute Gasteiger partial charge is 0.262 e. The van der Waals surface area contributed by atoms with Crippen molar-refractivity contribution in [1.29, 1.82) is 0 Å². The number of rotatable bonds is 4. The zero-order valence-electron chi connectivity index (χ0n) is 13.1. The van der Waals surface area contributed by atoms with E-state index in [4.69, 9.17) is 4.52 Å². The molecule has 4 rings (SSSR count). The number of hydrogen-bond acceptors (Lipinski definition) is 6. The van der Waals surface area contributed by atoms with Gasteiger partial charge in [-0.05, 0) is 26.2 Å².